The van der Waals surface area contributed by atoms with Crippen LogP contribution in [-0.4, -0.2) is 12.6 Å². The number of nitrogens with one attached hydrogen (secondary N) is 1. The second-order valence-corrected chi connectivity index (χ2v) is 5.19. The highest BCUT2D eigenvalue weighted by Gasteiger charge is 2.05. The van der Waals surface area contributed by atoms with Gasteiger partial charge in [-0.2, -0.15) is 0 Å². The van der Waals surface area contributed by atoms with E-state index in [2.05, 4.69) is 56.4 Å². The number of benzene rings is 1. The number of hydrogen-bond acceptors (Lipinski definition) is 1. The second kappa shape index (κ2) is 8.30. The normalized spacial score (nSPS) is 14.5. The summed E-state index contributed by atoms with van der Waals surface area (Å²) in [4.78, 5) is 0. The van der Waals surface area contributed by atoms with Crippen LogP contribution in [0, 0.1) is 5.92 Å². The van der Waals surface area contributed by atoms with Crippen LogP contribution in [0.4, 0.5) is 0 Å². The lowest BCUT2D eigenvalue weighted by atomic mass is 10.0. The summed E-state index contributed by atoms with van der Waals surface area (Å²) in [7, 11) is 0. The molecule has 0 fully saturated rings. The molecule has 0 aliphatic carbocycles. The minimum absolute atomic E-state index is 0.653. The van der Waals surface area contributed by atoms with E-state index in [1.165, 1.54) is 31.2 Å². The van der Waals surface area contributed by atoms with Crippen molar-refractivity contribution in [3.8, 4) is 0 Å². The van der Waals surface area contributed by atoms with E-state index in [9.17, 15) is 0 Å². The predicted molar refractivity (Wildman–Crippen MR) is 76.3 cm³/mol. The van der Waals surface area contributed by atoms with E-state index in [0.29, 0.717) is 6.04 Å². The molecule has 1 heteroatoms. The van der Waals surface area contributed by atoms with E-state index >= 15 is 0 Å². The van der Waals surface area contributed by atoms with Crippen LogP contribution < -0.4 is 5.32 Å². The van der Waals surface area contributed by atoms with Crippen molar-refractivity contribution in [2.75, 3.05) is 6.54 Å². The molecule has 1 aromatic rings. The number of hydrogen-bond donors (Lipinski definition) is 1. The highest BCUT2D eigenvalue weighted by atomic mass is 14.9. The molecule has 0 bridgehead atoms. The smallest absolute Gasteiger partial charge is 0.00412 e. The molecule has 1 N–H and O–H groups in total. The molecule has 0 aliphatic heterocycles. The fourth-order valence-corrected chi connectivity index (χ4v) is 2.14. The Kier molecular flexibility index (Phi) is 6.95. The van der Waals surface area contributed by atoms with Gasteiger partial charge in [0.25, 0.3) is 0 Å². The van der Waals surface area contributed by atoms with Crippen LogP contribution in [0.15, 0.2) is 30.3 Å². The minimum Gasteiger partial charge on any atom is -0.314 e. The van der Waals surface area contributed by atoms with E-state index < -0.39 is 0 Å². The molecule has 0 saturated heterocycles. The summed E-state index contributed by atoms with van der Waals surface area (Å²) < 4.78 is 0. The van der Waals surface area contributed by atoms with Gasteiger partial charge in [-0.1, -0.05) is 50.6 Å². The van der Waals surface area contributed by atoms with Crippen molar-refractivity contribution in [2.45, 2.75) is 52.5 Å². The zero-order chi connectivity index (χ0) is 12.5. The van der Waals surface area contributed by atoms with Gasteiger partial charge in [-0.15, -0.1) is 0 Å². The summed E-state index contributed by atoms with van der Waals surface area (Å²) in [5.41, 5.74) is 1.45. The van der Waals surface area contributed by atoms with Crippen LogP contribution in [0.25, 0.3) is 0 Å². The van der Waals surface area contributed by atoms with Gasteiger partial charge in [0, 0.05) is 6.04 Å². The van der Waals surface area contributed by atoms with Gasteiger partial charge in [0.2, 0.25) is 0 Å². The molecule has 0 aliphatic rings. The standard InChI is InChI=1S/C16H27N/c1-4-14(2)13-15(3)17-12-8-11-16-9-6-5-7-10-16/h5-7,9-10,14-15,17H,4,8,11-13H2,1-3H3. The van der Waals surface area contributed by atoms with Gasteiger partial charge < -0.3 is 5.32 Å². The summed E-state index contributed by atoms with van der Waals surface area (Å²) in [6.07, 6.45) is 5.00. The average molecular weight is 233 g/mol. The van der Waals surface area contributed by atoms with Crippen molar-refractivity contribution >= 4 is 0 Å². The molecular formula is C16H27N. The first-order chi connectivity index (χ1) is 8.22. The molecule has 0 spiro atoms. The molecular weight excluding hydrogens is 206 g/mol. The lowest BCUT2D eigenvalue weighted by molar-refractivity contribution is 0.411. The molecule has 1 nitrogen and oxygen atoms in total. The third-order valence-corrected chi connectivity index (χ3v) is 3.43. The quantitative estimate of drug-likeness (QED) is 0.668. The van der Waals surface area contributed by atoms with Gasteiger partial charge in [0.15, 0.2) is 0 Å². The van der Waals surface area contributed by atoms with Crippen LogP contribution in [0.1, 0.15) is 45.6 Å². The maximum atomic E-state index is 3.62. The van der Waals surface area contributed by atoms with Crippen LogP contribution in [0.3, 0.4) is 0 Å². The molecule has 2 atom stereocenters. The number of rotatable bonds is 8. The summed E-state index contributed by atoms with van der Waals surface area (Å²) in [6.45, 7) is 8.04. The lowest BCUT2D eigenvalue weighted by Crippen LogP contribution is -2.28. The third kappa shape index (κ3) is 6.48. The molecule has 17 heavy (non-hydrogen) atoms. The Balaban J connectivity index is 2.08. The Morgan fingerprint density at radius 1 is 1.12 bits per heavy atom. The maximum absolute atomic E-state index is 3.62. The van der Waals surface area contributed by atoms with E-state index in [1.807, 2.05) is 0 Å². The summed E-state index contributed by atoms with van der Waals surface area (Å²) in [5, 5.41) is 3.62. The van der Waals surface area contributed by atoms with Crippen molar-refractivity contribution < 1.29 is 0 Å². The maximum Gasteiger partial charge on any atom is 0.00412 e. The molecule has 0 heterocycles. The fourth-order valence-electron chi connectivity index (χ4n) is 2.14. The largest absolute Gasteiger partial charge is 0.314 e. The Labute approximate surface area is 107 Å². The molecule has 96 valence electrons. The molecule has 0 amide bonds. The van der Waals surface area contributed by atoms with E-state index in [4.69, 9.17) is 0 Å². The van der Waals surface area contributed by atoms with Gasteiger partial charge in [-0.3, -0.25) is 0 Å². The number of aryl methyl sites for hydroxylation is 1. The molecule has 2 unspecified atom stereocenters. The minimum atomic E-state index is 0.653. The van der Waals surface area contributed by atoms with Gasteiger partial charge in [-0.25, -0.2) is 0 Å². The van der Waals surface area contributed by atoms with E-state index in [0.717, 1.165) is 12.5 Å². The predicted octanol–water partition coefficient (Wildman–Crippen LogP) is 4.03. The van der Waals surface area contributed by atoms with Gasteiger partial charge in [-0.05, 0) is 44.2 Å². The van der Waals surface area contributed by atoms with E-state index in [1.54, 1.807) is 0 Å². The van der Waals surface area contributed by atoms with Crippen molar-refractivity contribution in [1.82, 2.24) is 5.32 Å². The van der Waals surface area contributed by atoms with Crippen LogP contribution in [-0.2, 0) is 6.42 Å². The van der Waals surface area contributed by atoms with Gasteiger partial charge >= 0.3 is 0 Å². The molecule has 1 aromatic carbocycles. The Morgan fingerprint density at radius 2 is 1.82 bits per heavy atom. The molecule has 0 saturated carbocycles. The van der Waals surface area contributed by atoms with Crippen molar-refractivity contribution in [3.63, 3.8) is 0 Å². The van der Waals surface area contributed by atoms with Crippen molar-refractivity contribution in [2.24, 2.45) is 5.92 Å². The van der Waals surface area contributed by atoms with Crippen LogP contribution in [0.5, 0.6) is 0 Å². The van der Waals surface area contributed by atoms with Crippen LogP contribution in [0.2, 0.25) is 0 Å². The summed E-state index contributed by atoms with van der Waals surface area (Å²) in [6, 6.07) is 11.4. The topological polar surface area (TPSA) is 12.0 Å². The second-order valence-electron chi connectivity index (χ2n) is 5.19. The zero-order valence-corrected chi connectivity index (χ0v) is 11.6. The first kappa shape index (κ1) is 14.2. The van der Waals surface area contributed by atoms with E-state index in [-0.39, 0.29) is 0 Å². The molecule has 0 aromatic heterocycles. The first-order valence-corrected chi connectivity index (χ1v) is 6.99. The SMILES string of the molecule is CCC(C)CC(C)NCCCc1ccccc1. The first-order valence-electron chi connectivity index (χ1n) is 6.99. The fraction of sp³-hybridized carbons (Fsp3) is 0.625. The Hall–Kier alpha value is -0.820. The summed E-state index contributed by atoms with van der Waals surface area (Å²) >= 11 is 0. The van der Waals surface area contributed by atoms with Gasteiger partial charge in [0.1, 0.15) is 0 Å². The van der Waals surface area contributed by atoms with Gasteiger partial charge in [0.05, 0.1) is 0 Å². The third-order valence-electron chi connectivity index (χ3n) is 3.43. The van der Waals surface area contributed by atoms with Crippen molar-refractivity contribution in [3.05, 3.63) is 35.9 Å². The summed E-state index contributed by atoms with van der Waals surface area (Å²) in [5.74, 6) is 0.839. The lowest BCUT2D eigenvalue weighted by Gasteiger charge is -2.17. The molecule has 0 radical (unpaired) electrons. The zero-order valence-electron chi connectivity index (χ0n) is 11.6. The Bertz CT molecular complexity index is 281. The highest BCUT2D eigenvalue weighted by Crippen LogP contribution is 2.09. The van der Waals surface area contributed by atoms with Crippen LogP contribution >= 0.6 is 0 Å². The molecule has 1 rings (SSSR count). The Morgan fingerprint density at radius 3 is 2.47 bits per heavy atom. The highest BCUT2D eigenvalue weighted by molar-refractivity contribution is 5.14. The average Bonchev–Trinajstić information content (AvgIpc) is 2.36. The van der Waals surface area contributed by atoms with Crippen molar-refractivity contribution in [1.29, 1.82) is 0 Å². The monoisotopic (exact) mass is 233 g/mol.